The molecule has 0 fully saturated rings. The first kappa shape index (κ1) is 14.1. The van der Waals surface area contributed by atoms with Crippen LogP contribution < -0.4 is 0 Å². The average molecular weight is 234 g/mol. The minimum absolute atomic E-state index is 0.446. The number of unbranched alkanes of at least 4 members (excludes halogenated alkanes) is 1. The van der Waals surface area contributed by atoms with E-state index in [4.69, 9.17) is 0 Å². The molecule has 0 heterocycles. The normalized spacial score (nSPS) is 12.7. The zero-order chi connectivity index (χ0) is 12.8. The van der Waals surface area contributed by atoms with Gasteiger partial charge in [-0.15, -0.1) is 0 Å². The Bertz CT molecular complexity index is 355. The maximum atomic E-state index is 10.3. The molecule has 0 saturated carbocycles. The van der Waals surface area contributed by atoms with Crippen molar-refractivity contribution in [3.8, 4) is 5.75 Å². The Morgan fingerprint density at radius 2 is 1.88 bits per heavy atom. The van der Waals surface area contributed by atoms with E-state index in [1.165, 1.54) is 12.0 Å². The van der Waals surface area contributed by atoms with E-state index in [1.54, 1.807) is 0 Å². The van der Waals surface area contributed by atoms with E-state index in [9.17, 15) is 5.11 Å². The second kappa shape index (κ2) is 6.68. The zero-order valence-electron chi connectivity index (χ0n) is 11.7. The van der Waals surface area contributed by atoms with Crippen molar-refractivity contribution in [3.63, 3.8) is 0 Å². The molecule has 0 aliphatic heterocycles. The number of rotatable bonds is 6. The van der Waals surface area contributed by atoms with Gasteiger partial charge in [0.15, 0.2) is 0 Å². The molecule has 1 aromatic rings. The van der Waals surface area contributed by atoms with Gasteiger partial charge in [0.1, 0.15) is 5.75 Å². The highest BCUT2D eigenvalue weighted by molar-refractivity contribution is 5.45. The SMILES string of the molecule is CCCCc1cc(CC)cc(C(C)CC)c1O. The molecule has 96 valence electrons. The van der Waals surface area contributed by atoms with Gasteiger partial charge in [-0.25, -0.2) is 0 Å². The van der Waals surface area contributed by atoms with Crippen LogP contribution in [0.25, 0.3) is 0 Å². The molecule has 0 amide bonds. The molecule has 1 nitrogen and oxygen atoms in total. The Kier molecular flexibility index (Phi) is 5.54. The molecule has 0 aliphatic carbocycles. The van der Waals surface area contributed by atoms with Gasteiger partial charge >= 0.3 is 0 Å². The van der Waals surface area contributed by atoms with Gasteiger partial charge in [0.05, 0.1) is 0 Å². The molecule has 0 saturated heterocycles. The number of benzene rings is 1. The maximum Gasteiger partial charge on any atom is 0.122 e. The predicted octanol–water partition coefficient (Wildman–Crippen LogP) is 4.81. The van der Waals surface area contributed by atoms with E-state index in [0.717, 1.165) is 36.8 Å². The van der Waals surface area contributed by atoms with Crippen LogP contribution in [0.4, 0.5) is 0 Å². The van der Waals surface area contributed by atoms with E-state index < -0.39 is 0 Å². The van der Waals surface area contributed by atoms with Gasteiger partial charge in [0.2, 0.25) is 0 Å². The molecule has 0 aromatic heterocycles. The van der Waals surface area contributed by atoms with Crippen LogP contribution in [0.1, 0.15) is 69.6 Å². The lowest BCUT2D eigenvalue weighted by Crippen LogP contribution is -1.98. The molecular weight excluding hydrogens is 208 g/mol. The summed E-state index contributed by atoms with van der Waals surface area (Å²) in [7, 11) is 0. The number of hydrogen-bond donors (Lipinski definition) is 1. The summed E-state index contributed by atoms with van der Waals surface area (Å²) in [5.41, 5.74) is 3.63. The van der Waals surface area contributed by atoms with Crippen molar-refractivity contribution in [2.24, 2.45) is 0 Å². The third-order valence-electron chi connectivity index (χ3n) is 3.63. The van der Waals surface area contributed by atoms with Crippen molar-refractivity contribution < 1.29 is 5.11 Å². The van der Waals surface area contributed by atoms with Crippen LogP contribution in [0.2, 0.25) is 0 Å². The Labute approximate surface area is 106 Å². The van der Waals surface area contributed by atoms with Gasteiger partial charge in [0, 0.05) is 0 Å². The number of phenols is 1. The quantitative estimate of drug-likeness (QED) is 0.749. The minimum atomic E-state index is 0.446. The molecule has 0 aliphatic rings. The van der Waals surface area contributed by atoms with Crippen LogP contribution in [0.3, 0.4) is 0 Å². The van der Waals surface area contributed by atoms with Gasteiger partial charge in [0.25, 0.3) is 0 Å². The van der Waals surface area contributed by atoms with Crippen molar-refractivity contribution in [1.82, 2.24) is 0 Å². The minimum Gasteiger partial charge on any atom is -0.507 e. The first-order valence-corrected chi connectivity index (χ1v) is 6.98. The highest BCUT2D eigenvalue weighted by Gasteiger charge is 2.13. The average Bonchev–Trinajstić information content (AvgIpc) is 2.36. The number of aryl methyl sites for hydroxylation is 2. The van der Waals surface area contributed by atoms with Crippen LogP contribution in [-0.4, -0.2) is 5.11 Å². The second-order valence-electron chi connectivity index (χ2n) is 4.96. The monoisotopic (exact) mass is 234 g/mol. The topological polar surface area (TPSA) is 20.2 Å². The van der Waals surface area contributed by atoms with Crippen molar-refractivity contribution in [1.29, 1.82) is 0 Å². The first-order valence-electron chi connectivity index (χ1n) is 6.98. The second-order valence-corrected chi connectivity index (χ2v) is 4.96. The molecule has 1 rings (SSSR count). The van der Waals surface area contributed by atoms with Crippen LogP contribution in [0, 0.1) is 0 Å². The molecule has 0 bridgehead atoms. The fourth-order valence-corrected chi connectivity index (χ4v) is 2.14. The standard InChI is InChI=1S/C16H26O/c1-5-8-9-14-10-13(7-3)11-15(16(14)17)12(4)6-2/h10-12,17H,5-9H2,1-4H3. The number of aromatic hydroxyl groups is 1. The summed E-state index contributed by atoms with van der Waals surface area (Å²) < 4.78 is 0. The summed E-state index contributed by atoms with van der Waals surface area (Å²) in [6.07, 6.45) is 5.45. The Balaban J connectivity index is 3.11. The molecule has 1 N–H and O–H groups in total. The third kappa shape index (κ3) is 3.49. The summed E-state index contributed by atoms with van der Waals surface area (Å²) in [6.45, 7) is 8.74. The van der Waals surface area contributed by atoms with Crippen molar-refractivity contribution >= 4 is 0 Å². The molecule has 1 atom stereocenters. The van der Waals surface area contributed by atoms with E-state index in [0.29, 0.717) is 11.7 Å². The molecule has 0 radical (unpaired) electrons. The highest BCUT2D eigenvalue weighted by atomic mass is 16.3. The summed E-state index contributed by atoms with van der Waals surface area (Å²) >= 11 is 0. The fourth-order valence-electron chi connectivity index (χ4n) is 2.14. The van der Waals surface area contributed by atoms with Crippen LogP contribution in [0.15, 0.2) is 12.1 Å². The molecule has 1 heteroatoms. The van der Waals surface area contributed by atoms with Crippen LogP contribution in [0.5, 0.6) is 5.75 Å². The Morgan fingerprint density at radius 1 is 1.18 bits per heavy atom. The third-order valence-corrected chi connectivity index (χ3v) is 3.63. The van der Waals surface area contributed by atoms with Gasteiger partial charge < -0.3 is 5.11 Å². The largest absolute Gasteiger partial charge is 0.507 e. The van der Waals surface area contributed by atoms with Gasteiger partial charge in [-0.05, 0) is 48.3 Å². The van der Waals surface area contributed by atoms with Gasteiger partial charge in [-0.2, -0.15) is 0 Å². The molecule has 1 aromatic carbocycles. The van der Waals surface area contributed by atoms with E-state index in [-0.39, 0.29) is 0 Å². The molecule has 0 spiro atoms. The van der Waals surface area contributed by atoms with E-state index >= 15 is 0 Å². The van der Waals surface area contributed by atoms with E-state index in [2.05, 4.69) is 39.8 Å². The summed E-state index contributed by atoms with van der Waals surface area (Å²) in [4.78, 5) is 0. The van der Waals surface area contributed by atoms with Crippen molar-refractivity contribution in [2.45, 2.75) is 65.7 Å². The molecule has 1 unspecified atom stereocenters. The smallest absolute Gasteiger partial charge is 0.122 e. The summed E-state index contributed by atoms with van der Waals surface area (Å²) in [6, 6.07) is 4.36. The van der Waals surface area contributed by atoms with Crippen molar-refractivity contribution in [2.75, 3.05) is 0 Å². The summed E-state index contributed by atoms with van der Waals surface area (Å²) in [5.74, 6) is 0.992. The van der Waals surface area contributed by atoms with Gasteiger partial charge in [-0.1, -0.05) is 46.2 Å². The lowest BCUT2D eigenvalue weighted by Gasteiger charge is -2.16. The summed E-state index contributed by atoms with van der Waals surface area (Å²) in [5, 5.41) is 10.3. The Hall–Kier alpha value is -0.980. The Morgan fingerprint density at radius 3 is 2.41 bits per heavy atom. The lowest BCUT2D eigenvalue weighted by molar-refractivity contribution is 0.453. The van der Waals surface area contributed by atoms with Crippen LogP contribution >= 0.6 is 0 Å². The number of hydrogen-bond acceptors (Lipinski definition) is 1. The highest BCUT2D eigenvalue weighted by Crippen LogP contribution is 2.33. The number of phenolic OH excluding ortho intramolecular Hbond substituents is 1. The fraction of sp³-hybridized carbons (Fsp3) is 0.625. The molecular formula is C16H26O. The first-order chi connectivity index (χ1) is 8.13. The molecule has 17 heavy (non-hydrogen) atoms. The van der Waals surface area contributed by atoms with Crippen molar-refractivity contribution in [3.05, 3.63) is 28.8 Å². The lowest BCUT2D eigenvalue weighted by atomic mass is 9.91. The predicted molar refractivity (Wildman–Crippen MR) is 74.8 cm³/mol. The van der Waals surface area contributed by atoms with Crippen LogP contribution in [-0.2, 0) is 12.8 Å². The maximum absolute atomic E-state index is 10.3. The van der Waals surface area contributed by atoms with E-state index in [1.807, 2.05) is 0 Å². The zero-order valence-corrected chi connectivity index (χ0v) is 11.7. The van der Waals surface area contributed by atoms with Gasteiger partial charge in [-0.3, -0.25) is 0 Å².